The van der Waals surface area contributed by atoms with Crippen LogP contribution in [0.3, 0.4) is 0 Å². The number of ketones is 1. The first kappa shape index (κ1) is 27.6. The van der Waals surface area contributed by atoms with Gasteiger partial charge in [0, 0.05) is 35.6 Å². The van der Waals surface area contributed by atoms with E-state index in [9.17, 15) is 19.2 Å². The number of para-hydroxylation sites is 2. The molecular formula is C32H32N4O5. The Bertz CT molecular complexity index is 1560. The Hall–Kier alpha value is -4.92. The van der Waals surface area contributed by atoms with E-state index in [1.165, 1.54) is 4.90 Å². The molecule has 0 radical (unpaired) electrons. The normalized spacial score (nSPS) is 15.8. The SMILES string of the molecule is COc1ccccc1CNC(=O)C(Cc1c[nH]c2ccccc12)C(=O)CN1CC(=O)NC(Cc2ccccc2)C1=O. The van der Waals surface area contributed by atoms with Crippen molar-refractivity contribution in [3.63, 3.8) is 0 Å². The van der Waals surface area contributed by atoms with Gasteiger partial charge in [-0.15, -0.1) is 0 Å². The van der Waals surface area contributed by atoms with Crippen LogP contribution in [-0.4, -0.2) is 59.6 Å². The van der Waals surface area contributed by atoms with Gasteiger partial charge in [-0.3, -0.25) is 19.2 Å². The number of nitrogens with zero attached hydrogens (tertiary/aromatic N) is 1. The fourth-order valence-electron chi connectivity index (χ4n) is 5.22. The molecule has 9 nitrogen and oxygen atoms in total. The Morgan fingerprint density at radius 2 is 1.71 bits per heavy atom. The molecule has 0 saturated carbocycles. The van der Waals surface area contributed by atoms with Crippen LogP contribution >= 0.6 is 0 Å². The summed E-state index contributed by atoms with van der Waals surface area (Å²) in [4.78, 5) is 57.6. The van der Waals surface area contributed by atoms with Crippen LogP contribution in [0.5, 0.6) is 5.75 Å². The zero-order chi connectivity index (χ0) is 28.8. The Labute approximate surface area is 237 Å². The molecule has 3 N–H and O–H groups in total. The molecule has 3 aromatic carbocycles. The highest BCUT2D eigenvalue weighted by Gasteiger charge is 2.36. The molecule has 0 bridgehead atoms. The predicted molar refractivity (Wildman–Crippen MR) is 154 cm³/mol. The lowest BCUT2D eigenvalue weighted by molar-refractivity contribution is -0.147. The quantitative estimate of drug-likeness (QED) is 0.247. The third kappa shape index (κ3) is 6.46. The van der Waals surface area contributed by atoms with Gasteiger partial charge >= 0.3 is 0 Å². The van der Waals surface area contributed by atoms with Crippen LogP contribution in [0.4, 0.5) is 0 Å². The van der Waals surface area contributed by atoms with E-state index in [-0.39, 0.29) is 37.9 Å². The molecule has 0 aliphatic carbocycles. The number of benzene rings is 3. The van der Waals surface area contributed by atoms with E-state index in [4.69, 9.17) is 4.74 Å². The number of ether oxygens (including phenoxy) is 1. The van der Waals surface area contributed by atoms with Gasteiger partial charge in [-0.25, -0.2) is 0 Å². The molecule has 9 heteroatoms. The first-order valence-electron chi connectivity index (χ1n) is 13.5. The third-order valence-electron chi connectivity index (χ3n) is 7.36. The molecule has 41 heavy (non-hydrogen) atoms. The van der Waals surface area contributed by atoms with Crippen LogP contribution in [0.15, 0.2) is 85.1 Å². The number of aromatic amines is 1. The van der Waals surface area contributed by atoms with E-state index in [1.54, 1.807) is 19.4 Å². The molecule has 0 spiro atoms. The Morgan fingerprint density at radius 3 is 2.51 bits per heavy atom. The lowest BCUT2D eigenvalue weighted by Crippen LogP contribution is -2.60. The predicted octanol–water partition coefficient (Wildman–Crippen LogP) is 2.79. The number of hydrogen-bond donors (Lipinski definition) is 3. The third-order valence-corrected chi connectivity index (χ3v) is 7.36. The molecule has 2 unspecified atom stereocenters. The van der Waals surface area contributed by atoms with Crippen molar-refractivity contribution in [1.29, 1.82) is 0 Å². The number of fused-ring (bicyclic) bond motifs is 1. The lowest BCUT2D eigenvalue weighted by Gasteiger charge is -2.33. The zero-order valence-corrected chi connectivity index (χ0v) is 22.8. The Morgan fingerprint density at radius 1 is 0.976 bits per heavy atom. The summed E-state index contributed by atoms with van der Waals surface area (Å²) >= 11 is 0. The van der Waals surface area contributed by atoms with E-state index >= 15 is 0 Å². The highest BCUT2D eigenvalue weighted by atomic mass is 16.5. The first-order chi connectivity index (χ1) is 19.9. The first-order valence-corrected chi connectivity index (χ1v) is 13.5. The molecule has 5 rings (SSSR count). The van der Waals surface area contributed by atoms with Crippen molar-refractivity contribution in [3.8, 4) is 5.75 Å². The van der Waals surface area contributed by atoms with Gasteiger partial charge in [-0.2, -0.15) is 0 Å². The lowest BCUT2D eigenvalue weighted by atomic mass is 9.93. The van der Waals surface area contributed by atoms with E-state index in [2.05, 4.69) is 15.6 Å². The fraction of sp³-hybridized carbons (Fsp3) is 0.250. The molecule has 4 aromatic rings. The highest BCUT2D eigenvalue weighted by Crippen LogP contribution is 2.23. The molecule has 1 saturated heterocycles. The van der Waals surface area contributed by atoms with E-state index in [1.807, 2.05) is 72.8 Å². The Kier molecular flexibility index (Phi) is 8.43. The molecule has 210 valence electrons. The van der Waals surface area contributed by atoms with Crippen LogP contribution < -0.4 is 15.4 Å². The molecule has 2 atom stereocenters. The van der Waals surface area contributed by atoms with Gasteiger partial charge in [-0.1, -0.05) is 66.7 Å². The van der Waals surface area contributed by atoms with Crippen LogP contribution in [0, 0.1) is 5.92 Å². The van der Waals surface area contributed by atoms with Crippen LogP contribution in [-0.2, 0) is 38.6 Å². The van der Waals surface area contributed by atoms with E-state index < -0.39 is 23.7 Å². The number of hydrogen-bond acceptors (Lipinski definition) is 5. The van der Waals surface area contributed by atoms with Crippen molar-refractivity contribution in [2.45, 2.75) is 25.4 Å². The zero-order valence-electron chi connectivity index (χ0n) is 22.8. The monoisotopic (exact) mass is 552 g/mol. The van der Waals surface area contributed by atoms with E-state index in [0.717, 1.165) is 27.6 Å². The second-order valence-electron chi connectivity index (χ2n) is 10.1. The number of piperazine rings is 1. The minimum absolute atomic E-state index is 0.141. The largest absolute Gasteiger partial charge is 0.496 e. The molecule has 1 fully saturated rings. The average Bonchev–Trinajstić information content (AvgIpc) is 3.40. The second kappa shape index (κ2) is 12.5. The van der Waals surface area contributed by atoms with Gasteiger partial charge in [0.2, 0.25) is 17.7 Å². The topological polar surface area (TPSA) is 121 Å². The number of Topliss-reactive ketones (excluding diaryl/α,β-unsaturated/α-hetero) is 1. The van der Waals surface area contributed by atoms with Gasteiger partial charge in [0.05, 0.1) is 13.7 Å². The highest BCUT2D eigenvalue weighted by molar-refractivity contribution is 6.05. The molecule has 3 amide bonds. The van der Waals surface area contributed by atoms with Gasteiger partial charge < -0.3 is 25.3 Å². The fourth-order valence-corrected chi connectivity index (χ4v) is 5.22. The van der Waals surface area contributed by atoms with Crippen molar-refractivity contribution < 1.29 is 23.9 Å². The summed E-state index contributed by atoms with van der Waals surface area (Å²) < 4.78 is 5.39. The molecule has 1 aliphatic heterocycles. The molecule has 1 aliphatic rings. The van der Waals surface area contributed by atoms with Gasteiger partial charge in [0.1, 0.15) is 24.3 Å². The molecular weight excluding hydrogens is 520 g/mol. The van der Waals surface area contributed by atoms with Crippen molar-refractivity contribution in [2.24, 2.45) is 5.92 Å². The number of carbonyl (C=O) groups is 4. The maximum Gasteiger partial charge on any atom is 0.246 e. The summed E-state index contributed by atoms with van der Waals surface area (Å²) in [5.74, 6) is -2.03. The number of methoxy groups -OCH3 is 1. The van der Waals surface area contributed by atoms with Gasteiger partial charge in [0.25, 0.3) is 0 Å². The maximum absolute atomic E-state index is 13.7. The number of rotatable bonds is 11. The number of H-pyrrole nitrogens is 1. The van der Waals surface area contributed by atoms with Crippen molar-refractivity contribution in [3.05, 3.63) is 102 Å². The van der Waals surface area contributed by atoms with Gasteiger partial charge in [0.15, 0.2) is 5.78 Å². The number of amides is 3. The summed E-state index contributed by atoms with van der Waals surface area (Å²) in [6.45, 7) is -0.407. The molecule has 1 aromatic heterocycles. The maximum atomic E-state index is 13.7. The number of carbonyl (C=O) groups excluding carboxylic acids is 4. The minimum atomic E-state index is -1.07. The minimum Gasteiger partial charge on any atom is -0.496 e. The summed E-state index contributed by atoms with van der Waals surface area (Å²) in [6, 6.07) is 23.6. The van der Waals surface area contributed by atoms with Crippen LogP contribution in [0.25, 0.3) is 10.9 Å². The smallest absolute Gasteiger partial charge is 0.246 e. The number of nitrogens with one attached hydrogen (secondary N) is 3. The van der Waals surface area contributed by atoms with Crippen molar-refractivity contribution >= 4 is 34.4 Å². The average molecular weight is 553 g/mol. The summed E-state index contributed by atoms with van der Waals surface area (Å²) in [7, 11) is 1.56. The summed E-state index contributed by atoms with van der Waals surface area (Å²) in [5, 5.41) is 6.54. The van der Waals surface area contributed by atoms with Crippen molar-refractivity contribution in [2.75, 3.05) is 20.2 Å². The second-order valence-corrected chi connectivity index (χ2v) is 10.1. The van der Waals surface area contributed by atoms with E-state index in [0.29, 0.717) is 12.2 Å². The Balaban J connectivity index is 1.35. The number of aromatic nitrogens is 1. The summed E-state index contributed by atoms with van der Waals surface area (Å²) in [6.07, 6.45) is 2.25. The standard InChI is InChI=1S/C32H32N4O5/c1-41-29-14-8-5-11-22(29)17-34-31(39)25(16-23-18-33-26-13-7-6-12-24(23)26)28(37)19-36-20-30(38)35-27(32(36)40)15-21-9-3-2-4-10-21/h2-14,18,25,27,33H,15-17,19-20H2,1H3,(H,34,39)(H,35,38). The van der Waals surface area contributed by atoms with Crippen LogP contribution in [0.1, 0.15) is 16.7 Å². The van der Waals surface area contributed by atoms with Crippen LogP contribution in [0.2, 0.25) is 0 Å². The van der Waals surface area contributed by atoms with Crippen molar-refractivity contribution in [1.82, 2.24) is 20.5 Å². The van der Waals surface area contributed by atoms with Gasteiger partial charge in [-0.05, 0) is 29.7 Å². The molecule has 2 heterocycles. The summed E-state index contributed by atoms with van der Waals surface area (Å²) in [5.41, 5.74) is 3.38.